The fourth-order valence-electron chi connectivity index (χ4n) is 4.64. The lowest BCUT2D eigenvalue weighted by molar-refractivity contribution is -0.140. The molecule has 9 nitrogen and oxygen atoms in total. The molecule has 1 aliphatic rings. The Bertz CT molecular complexity index is 1110. The molecular weight excluding hydrogens is 478 g/mol. The summed E-state index contributed by atoms with van der Waals surface area (Å²) >= 11 is 1.60. The second kappa shape index (κ2) is 11.8. The number of pyridine rings is 1. The highest BCUT2D eigenvalue weighted by atomic mass is 32.2. The third kappa shape index (κ3) is 6.60. The number of likely N-dealkylation sites (tertiary alicyclic amines) is 1. The van der Waals surface area contributed by atoms with E-state index < -0.39 is 22.9 Å². The minimum Gasteiger partial charge on any atom is -0.450 e. The molecule has 2 atom stereocenters. The van der Waals surface area contributed by atoms with E-state index in [2.05, 4.69) is 15.6 Å². The van der Waals surface area contributed by atoms with Gasteiger partial charge < -0.3 is 26.0 Å². The van der Waals surface area contributed by atoms with Crippen LogP contribution in [0.25, 0.3) is 10.8 Å². The second-order valence-corrected chi connectivity index (χ2v) is 12.0. The molecule has 0 unspecified atom stereocenters. The number of aromatic nitrogens is 1. The Morgan fingerprint density at radius 1 is 1.28 bits per heavy atom. The fraction of sp³-hybridized carbons (Fsp3) is 0.538. The van der Waals surface area contributed by atoms with Crippen LogP contribution in [0.4, 0.5) is 10.6 Å². The third-order valence-electron chi connectivity index (χ3n) is 6.18. The maximum absolute atomic E-state index is 13.7. The summed E-state index contributed by atoms with van der Waals surface area (Å²) in [5, 5.41) is 7.79. The van der Waals surface area contributed by atoms with Gasteiger partial charge in [0.15, 0.2) is 0 Å². The number of benzene rings is 1. The van der Waals surface area contributed by atoms with Crippen LogP contribution in [0.15, 0.2) is 30.5 Å². The number of amides is 3. The summed E-state index contributed by atoms with van der Waals surface area (Å²) in [5.41, 5.74) is 6.85. The van der Waals surface area contributed by atoms with Gasteiger partial charge >= 0.3 is 6.09 Å². The fourth-order valence-corrected chi connectivity index (χ4v) is 6.15. The standard InChI is InChI=1S/C26H37N5O4S/c1-6-35-25(34)30-21(26(4,5)36-16(2)3)24(33)31-13-7-8-20(31)23(32)29-15-17-9-10-19-18(14-17)11-12-28-22(19)27/h9-12,14,16,20-21H,6-8,13,15H2,1-5H3,(H2,27,28)(H,29,32)(H,30,34)/t20-,21+/m0/s1. The van der Waals surface area contributed by atoms with Crippen LogP contribution in [0.1, 0.15) is 53.0 Å². The van der Waals surface area contributed by atoms with E-state index in [9.17, 15) is 14.4 Å². The minimum atomic E-state index is -0.836. The van der Waals surface area contributed by atoms with Gasteiger partial charge in [-0.3, -0.25) is 9.59 Å². The van der Waals surface area contributed by atoms with Crippen molar-refractivity contribution in [1.29, 1.82) is 0 Å². The van der Waals surface area contributed by atoms with Gasteiger partial charge in [0, 0.05) is 29.4 Å². The summed E-state index contributed by atoms with van der Waals surface area (Å²) in [7, 11) is 0. The summed E-state index contributed by atoms with van der Waals surface area (Å²) < 4.78 is 4.46. The van der Waals surface area contributed by atoms with E-state index in [1.807, 2.05) is 52.0 Å². The first-order chi connectivity index (χ1) is 17.0. The van der Waals surface area contributed by atoms with Crippen molar-refractivity contribution in [3.05, 3.63) is 36.0 Å². The van der Waals surface area contributed by atoms with Crippen LogP contribution in [0, 0.1) is 0 Å². The maximum atomic E-state index is 13.7. The van der Waals surface area contributed by atoms with Gasteiger partial charge in [0.05, 0.1) is 6.61 Å². The molecule has 0 aliphatic carbocycles. The Morgan fingerprint density at radius 3 is 2.72 bits per heavy atom. The lowest BCUT2D eigenvalue weighted by Crippen LogP contribution is -2.60. The molecule has 1 aromatic heterocycles. The van der Waals surface area contributed by atoms with Gasteiger partial charge in [0.1, 0.15) is 17.9 Å². The van der Waals surface area contributed by atoms with Crippen molar-refractivity contribution in [2.24, 2.45) is 0 Å². The number of nitrogens with one attached hydrogen (secondary N) is 2. The highest BCUT2D eigenvalue weighted by molar-refractivity contribution is 8.01. The van der Waals surface area contributed by atoms with E-state index in [-0.39, 0.29) is 23.7 Å². The number of ether oxygens (including phenoxy) is 1. The number of fused-ring (bicyclic) bond motifs is 1. The first-order valence-corrected chi connectivity index (χ1v) is 13.2. The number of hydrogen-bond donors (Lipinski definition) is 3. The number of nitrogens with zero attached hydrogens (tertiary/aromatic N) is 2. The van der Waals surface area contributed by atoms with Crippen molar-refractivity contribution in [2.45, 2.75) is 76.1 Å². The van der Waals surface area contributed by atoms with Gasteiger partial charge in [-0.15, -0.1) is 0 Å². The second-order valence-electron chi connectivity index (χ2n) is 9.73. The molecule has 36 heavy (non-hydrogen) atoms. The molecule has 10 heteroatoms. The summed E-state index contributed by atoms with van der Waals surface area (Å²) in [5.74, 6) is -0.0142. The first kappa shape index (κ1) is 27.6. The van der Waals surface area contributed by atoms with E-state index >= 15 is 0 Å². The molecule has 1 saturated heterocycles. The summed E-state index contributed by atoms with van der Waals surface area (Å²) in [6.07, 6.45) is 2.31. The SMILES string of the molecule is CCOC(=O)N[C@H](C(=O)N1CCC[C@H]1C(=O)NCc1ccc2c(N)nccc2c1)C(C)(C)SC(C)C. The monoisotopic (exact) mass is 515 g/mol. The Morgan fingerprint density at radius 2 is 2.03 bits per heavy atom. The zero-order chi connectivity index (χ0) is 26.5. The van der Waals surface area contributed by atoms with Crippen molar-refractivity contribution in [1.82, 2.24) is 20.5 Å². The molecule has 0 radical (unpaired) electrons. The predicted molar refractivity (Wildman–Crippen MR) is 143 cm³/mol. The molecule has 3 rings (SSSR count). The van der Waals surface area contributed by atoms with E-state index in [0.29, 0.717) is 25.3 Å². The molecule has 0 spiro atoms. The van der Waals surface area contributed by atoms with Crippen molar-refractivity contribution in [2.75, 3.05) is 18.9 Å². The van der Waals surface area contributed by atoms with Crippen LogP contribution in [-0.2, 0) is 20.9 Å². The molecule has 1 aliphatic heterocycles. The van der Waals surface area contributed by atoms with Gasteiger partial charge in [-0.2, -0.15) is 11.8 Å². The Hall–Kier alpha value is -3.01. The number of rotatable bonds is 9. The number of nitrogen functional groups attached to an aromatic ring is 1. The first-order valence-electron chi connectivity index (χ1n) is 12.4. The van der Waals surface area contributed by atoms with Crippen LogP contribution in [0.2, 0.25) is 0 Å². The van der Waals surface area contributed by atoms with E-state index in [0.717, 1.165) is 22.8 Å². The van der Waals surface area contributed by atoms with E-state index in [1.54, 1.807) is 29.8 Å². The largest absolute Gasteiger partial charge is 0.450 e. The van der Waals surface area contributed by atoms with E-state index in [4.69, 9.17) is 10.5 Å². The lowest BCUT2D eigenvalue weighted by atomic mass is 10.0. The summed E-state index contributed by atoms with van der Waals surface area (Å²) in [4.78, 5) is 44.9. The van der Waals surface area contributed by atoms with Gasteiger partial charge in [0.2, 0.25) is 11.8 Å². The van der Waals surface area contributed by atoms with Gasteiger partial charge in [-0.1, -0.05) is 26.0 Å². The average molecular weight is 516 g/mol. The van der Waals surface area contributed by atoms with Gasteiger partial charge in [-0.25, -0.2) is 9.78 Å². The molecule has 1 aromatic carbocycles. The number of carbonyl (C=O) groups is 3. The third-order valence-corrected chi connectivity index (χ3v) is 7.50. The van der Waals surface area contributed by atoms with Crippen LogP contribution in [0.3, 0.4) is 0 Å². The molecule has 196 valence electrons. The topological polar surface area (TPSA) is 127 Å². The highest BCUT2D eigenvalue weighted by Crippen LogP contribution is 2.34. The quantitative estimate of drug-likeness (QED) is 0.467. The molecule has 2 heterocycles. The van der Waals surface area contributed by atoms with E-state index in [1.165, 1.54) is 0 Å². The summed E-state index contributed by atoms with van der Waals surface area (Å²) in [6.45, 7) is 10.7. The van der Waals surface area contributed by atoms with Crippen LogP contribution < -0.4 is 16.4 Å². The normalized spacial score (nSPS) is 16.7. The smallest absolute Gasteiger partial charge is 0.407 e. The van der Waals surface area contributed by atoms with Crippen molar-refractivity contribution in [3.8, 4) is 0 Å². The number of anilines is 1. The van der Waals surface area contributed by atoms with Crippen molar-refractivity contribution < 1.29 is 19.1 Å². The number of alkyl carbamates (subject to hydrolysis) is 1. The lowest BCUT2D eigenvalue weighted by Gasteiger charge is -2.37. The highest BCUT2D eigenvalue weighted by Gasteiger charge is 2.44. The Kier molecular flexibility index (Phi) is 9.05. The molecule has 2 aromatic rings. The number of thioether (sulfide) groups is 1. The van der Waals surface area contributed by atoms with Crippen molar-refractivity contribution in [3.63, 3.8) is 0 Å². The van der Waals surface area contributed by atoms with Gasteiger partial charge in [0.25, 0.3) is 0 Å². The maximum Gasteiger partial charge on any atom is 0.407 e. The Balaban J connectivity index is 1.73. The number of hydrogen-bond acceptors (Lipinski definition) is 7. The predicted octanol–water partition coefficient (Wildman–Crippen LogP) is 3.46. The van der Waals surface area contributed by atoms with Crippen LogP contribution >= 0.6 is 11.8 Å². The van der Waals surface area contributed by atoms with Crippen molar-refractivity contribution >= 4 is 46.3 Å². The van der Waals surface area contributed by atoms with Gasteiger partial charge in [-0.05, 0) is 61.9 Å². The zero-order valence-corrected chi connectivity index (χ0v) is 22.5. The molecule has 0 bridgehead atoms. The zero-order valence-electron chi connectivity index (χ0n) is 21.7. The minimum absolute atomic E-state index is 0.205. The van der Waals surface area contributed by atoms with Crippen LogP contribution in [-0.4, -0.2) is 63.0 Å². The molecular formula is C26H37N5O4S. The average Bonchev–Trinajstić information content (AvgIpc) is 3.30. The Labute approximate surface area is 216 Å². The molecule has 0 saturated carbocycles. The number of nitrogens with two attached hydrogens (primary N) is 1. The van der Waals surface area contributed by atoms with Crippen LogP contribution in [0.5, 0.6) is 0 Å². The molecule has 4 N–H and O–H groups in total. The number of carbonyl (C=O) groups excluding carboxylic acids is 3. The molecule has 1 fully saturated rings. The summed E-state index contributed by atoms with van der Waals surface area (Å²) in [6, 6.07) is 6.22. The molecule has 3 amide bonds.